The lowest BCUT2D eigenvalue weighted by Crippen LogP contribution is -2.08. The van der Waals surface area contributed by atoms with Gasteiger partial charge in [0.05, 0.1) is 18.4 Å². The third-order valence-corrected chi connectivity index (χ3v) is 2.68. The Labute approximate surface area is 110 Å². The zero-order chi connectivity index (χ0) is 12.8. The fourth-order valence-electron chi connectivity index (χ4n) is 1.15. The number of halogens is 2. The van der Waals surface area contributed by atoms with Crippen molar-refractivity contribution in [2.45, 2.75) is 20.0 Å². The van der Waals surface area contributed by atoms with Crippen molar-refractivity contribution in [3.8, 4) is 6.07 Å². The van der Waals surface area contributed by atoms with E-state index in [1.54, 1.807) is 25.1 Å². The lowest BCUT2D eigenvalue weighted by atomic mass is 10.1. The van der Waals surface area contributed by atoms with Crippen molar-refractivity contribution in [1.29, 1.82) is 5.26 Å². The first kappa shape index (κ1) is 13.8. The fraction of sp³-hybridized carbons (Fsp3) is 0.333. The molecule has 0 N–H and O–H groups in total. The Hall–Kier alpha value is -1.24. The Bertz CT molecular complexity index is 454. The van der Waals surface area contributed by atoms with Crippen molar-refractivity contribution < 1.29 is 9.53 Å². The molecule has 17 heavy (non-hydrogen) atoms. The molecule has 0 fully saturated rings. The maximum atomic E-state index is 11.3. The summed E-state index contributed by atoms with van der Waals surface area (Å²) in [6, 6.07) is 6.93. The molecule has 0 aliphatic carbocycles. The van der Waals surface area contributed by atoms with Gasteiger partial charge < -0.3 is 4.74 Å². The normalized spacial score (nSPS) is 11.6. The van der Waals surface area contributed by atoms with Gasteiger partial charge in [-0.25, -0.2) is 0 Å². The molecule has 0 amide bonds. The van der Waals surface area contributed by atoms with Crippen LogP contribution in [0.25, 0.3) is 0 Å². The lowest BCUT2D eigenvalue weighted by molar-refractivity contribution is -0.145. The van der Waals surface area contributed by atoms with Crippen LogP contribution in [0.3, 0.4) is 0 Å². The van der Waals surface area contributed by atoms with E-state index in [1.165, 1.54) is 0 Å². The summed E-state index contributed by atoms with van der Waals surface area (Å²) in [6.07, 6.45) is 0.0850. The van der Waals surface area contributed by atoms with Gasteiger partial charge in [0.25, 0.3) is 0 Å². The van der Waals surface area contributed by atoms with E-state index in [2.05, 4.69) is 0 Å². The number of hydrogen-bond donors (Lipinski definition) is 0. The van der Waals surface area contributed by atoms with Crippen molar-refractivity contribution in [3.63, 3.8) is 0 Å². The van der Waals surface area contributed by atoms with Gasteiger partial charge in [-0.05, 0) is 19.1 Å². The molecule has 1 unspecified atom stereocenters. The summed E-state index contributed by atoms with van der Waals surface area (Å²) in [7, 11) is 0. The highest BCUT2D eigenvalue weighted by molar-refractivity contribution is 6.35. The lowest BCUT2D eigenvalue weighted by Gasteiger charge is -2.07. The number of esters is 1. The molecule has 0 saturated heterocycles. The van der Waals surface area contributed by atoms with Crippen molar-refractivity contribution >= 4 is 29.2 Å². The van der Waals surface area contributed by atoms with Gasteiger partial charge in [0.15, 0.2) is 0 Å². The van der Waals surface area contributed by atoms with Crippen LogP contribution < -0.4 is 0 Å². The molecule has 3 nitrogen and oxygen atoms in total. The summed E-state index contributed by atoms with van der Waals surface area (Å²) in [5, 5.41) is 9.54. The van der Waals surface area contributed by atoms with E-state index >= 15 is 0 Å². The number of nitriles is 1. The summed E-state index contributed by atoms with van der Waals surface area (Å²) < 4.78 is 5.00. The maximum absolute atomic E-state index is 11.3. The van der Waals surface area contributed by atoms with Gasteiger partial charge in [0.1, 0.15) is 6.61 Å². The Balaban J connectivity index is 2.51. The Morgan fingerprint density at radius 1 is 1.53 bits per heavy atom. The van der Waals surface area contributed by atoms with Crippen LogP contribution in [0, 0.1) is 17.2 Å². The summed E-state index contributed by atoms with van der Waals surface area (Å²) in [6.45, 7) is 1.75. The minimum absolute atomic E-state index is 0.0850. The van der Waals surface area contributed by atoms with Gasteiger partial charge in [0.2, 0.25) is 0 Å². The molecule has 1 atom stereocenters. The van der Waals surface area contributed by atoms with E-state index < -0.39 is 5.97 Å². The average Bonchev–Trinajstić information content (AvgIpc) is 2.27. The second-order valence-electron chi connectivity index (χ2n) is 3.63. The van der Waals surface area contributed by atoms with Crippen molar-refractivity contribution in [2.24, 2.45) is 5.92 Å². The summed E-state index contributed by atoms with van der Waals surface area (Å²) in [5.74, 6) is -0.756. The monoisotopic (exact) mass is 271 g/mol. The fourth-order valence-corrected chi connectivity index (χ4v) is 1.61. The minimum atomic E-state index is -0.412. The number of carbonyl (C=O) groups excluding carboxylic acids is 1. The second-order valence-corrected chi connectivity index (χ2v) is 4.47. The minimum Gasteiger partial charge on any atom is -0.461 e. The van der Waals surface area contributed by atoms with E-state index in [0.717, 1.165) is 0 Å². The van der Waals surface area contributed by atoms with Gasteiger partial charge >= 0.3 is 5.97 Å². The van der Waals surface area contributed by atoms with Gasteiger partial charge in [0, 0.05) is 15.6 Å². The van der Waals surface area contributed by atoms with E-state index in [4.69, 9.17) is 33.2 Å². The van der Waals surface area contributed by atoms with Gasteiger partial charge in [-0.15, -0.1) is 0 Å². The van der Waals surface area contributed by atoms with Crippen LogP contribution >= 0.6 is 23.2 Å². The van der Waals surface area contributed by atoms with Gasteiger partial charge in [-0.2, -0.15) is 5.26 Å². The summed E-state index contributed by atoms with van der Waals surface area (Å²) in [5.41, 5.74) is 0.689. The summed E-state index contributed by atoms with van der Waals surface area (Å²) >= 11 is 11.7. The molecule has 0 aromatic heterocycles. The number of hydrogen-bond acceptors (Lipinski definition) is 3. The Morgan fingerprint density at radius 3 is 2.82 bits per heavy atom. The van der Waals surface area contributed by atoms with Crippen LogP contribution in [0.2, 0.25) is 10.0 Å². The first-order valence-electron chi connectivity index (χ1n) is 5.02. The topological polar surface area (TPSA) is 50.1 Å². The zero-order valence-corrected chi connectivity index (χ0v) is 10.8. The highest BCUT2D eigenvalue weighted by Gasteiger charge is 2.10. The standard InChI is InChI=1S/C12H11Cl2NO2/c1-8(6-15)4-12(16)17-7-9-2-3-10(13)5-11(9)14/h2-3,5,8H,4,7H2,1H3. The molecule has 0 saturated carbocycles. The van der Waals surface area contributed by atoms with Crippen LogP contribution in [-0.2, 0) is 16.1 Å². The van der Waals surface area contributed by atoms with Gasteiger partial charge in [-0.3, -0.25) is 4.79 Å². The third-order valence-electron chi connectivity index (χ3n) is 2.10. The molecule has 0 aliphatic heterocycles. The number of benzene rings is 1. The number of rotatable bonds is 4. The molecular formula is C12H11Cl2NO2. The Morgan fingerprint density at radius 2 is 2.24 bits per heavy atom. The zero-order valence-electron chi connectivity index (χ0n) is 9.24. The molecular weight excluding hydrogens is 261 g/mol. The molecule has 1 rings (SSSR count). The predicted molar refractivity (Wildman–Crippen MR) is 65.7 cm³/mol. The van der Waals surface area contributed by atoms with Crippen LogP contribution in [0.4, 0.5) is 0 Å². The number of ether oxygens (including phenoxy) is 1. The van der Waals surface area contributed by atoms with Crippen LogP contribution in [0.15, 0.2) is 18.2 Å². The molecule has 0 heterocycles. The SMILES string of the molecule is CC(C#N)CC(=O)OCc1ccc(Cl)cc1Cl. The molecule has 0 bridgehead atoms. The average molecular weight is 272 g/mol. The largest absolute Gasteiger partial charge is 0.461 e. The highest BCUT2D eigenvalue weighted by atomic mass is 35.5. The predicted octanol–water partition coefficient (Wildman–Crippen LogP) is 3.59. The van der Waals surface area contributed by atoms with E-state index in [-0.39, 0.29) is 18.9 Å². The first-order valence-corrected chi connectivity index (χ1v) is 5.77. The number of nitrogens with zero attached hydrogens (tertiary/aromatic N) is 1. The molecule has 0 aliphatic rings. The van der Waals surface area contributed by atoms with Crippen LogP contribution in [-0.4, -0.2) is 5.97 Å². The van der Waals surface area contributed by atoms with E-state index in [9.17, 15) is 4.79 Å². The smallest absolute Gasteiger partial charge is 0.307 e. The van der Waals surface area contributed by atoms with Crippen molar-refractivity contribution in [3.05, 3.63) is 33.8 Å². The first-order chi connectivity index (χ1) is 8.02. The van der Waals surface area contributed by atoms with Crippen molar-refractivity contribution in [2.75, 3.05) is 0 Å². The highest BCUT2D eigenvalue weighted by Crippen LogP contribution is 2.21. The van der Waals surface area contributed by atoms with Crippen LogP contribution in [0.1, 0.15) is 18.9 Å². The molecule has 1 aromatic carbocycles. The second kappa shape index (κ2) is 6.48. The third kappa shape index (κ3) is 4.64. The number of carbonyl (C=O) groups is 1. The van der Waals surface area contributed by atoms with Gasteiger partial charge in [-0.1, -0.05) is 29.3 Å². The maximum Gasteiger partial charge on any atom is 0.307 e. The Kier molecular flexibility index (Phi) is 5.27. The molecule has 1 aromatic rings. The molecule has 0 spiro atoms. The van der Waals surface area contributed by atoms with Crippen LogP contribution in [0.5, 0.6) is 0 Å². The molecule has 90 valence electrons. The van der Waals surface area contributed by atoms with Crippen molar-refractivity contribution in [1.82, 2.24) is 0 Å². The molecule has 5 heteroatoms. The summed E-state index contributed by atoms with van der Waals surface area (Å²) in [4.78, 5) is 11.3. The quantitative estimate of drug-likeness (QED) is 0.787. The van der Waals surface area contributed by atoms with E-state index in [1.807, 2.05) is 6.07 Å². The molecule has 0 radical (unpaired) electrons. The van der Waals surface area contributed by atoms with E-state index in [0.29, 0.717) is 15.6 Å².